The molecule has 1 fully saturated rings. The van der Waals surface area contributed by atoms with Gasteiger partial charge in [-0.3, -0.25) is 14.4 Å². The van der Waals surface area contributed by atoms with E-state index in [-0.39, 0.29) is 23.8 Å². The molecule has 3 rings (SSSR count). The second-order valence-corrected chi connectivity index (χ2v) is 10.7. The van der Waals surface area contributed by atoms with Gasteiger partial charge in [-0.15, -0.1) is 0 Å². The molecule has 1 atom stereocenters. The van der Waals surface area contributed by atoms with Crippen LogP contribution in [0.5, 0.6) is 5.75 Å². The Kier molecular flexibility index (Phi) is 8.62. The first-order chi connectivity index (χ1) is 16.5. The first-order valence-electron chi connectivity index (χ1n) is 10.1. The lowest BCUT2D eigenvalue weighted by Gasteiger charge is -2.14. The zero-order valence-electron chi connectivity index (χ0n) is 18.0. The van der Waals surface area contributed by atoms with Crippen LogP contribution in [0.4, 0.5) is 0 Å². The van der Waals surface area contributed by atoms with Gasteiger partial charge in [0.1, 0.15) is 22.7 Å². The molecule has 0 radical (unpaired) electrons. The maximum Gasteiger partial charge on any atom is 0.321 e. The third-order valence-electron chi connectivity index (χ3n) is 4.68. The molecule has 10 nitrogen and oxygen atoms in total. The second kappa shape index (κ2) is 11.4. The van der Waals surface area contributed by atoms with Gasteiger partial charge in [-0.1, -0.05) is 48.2 Å². The molecule has 2 aromatic carbocycles. The monoisotopic (exact) mass is 536 g/mol. The average molecular weight is 537 g/mol. The fourth-order valence-corrected chi connectivity index (χ4v) is 5.22. The van der Waals surface area contributed by atoms with Crippen LogP contribution >= 0.6 is 24.0 Å². The van der Waals surface area contributed by atoms with E-state index < -0.39 is 34.4 Å². The van der Waals surface area contributed by atoms with Crippen molar-refractivity contribution in [2.24, 2.45) is 0 Å². The quantitative estimate of drug-likeness (QED) is 0.248. The summed E-state index contributed by atoms with van der Waals surface area (Å²) >= 11 is 6.15. The van der Waals surface area contributed by atoms with Gasteiger partial charge in [0, 0.05) is 6.42 Å². The van der Waals surface area contributed by atoms with E-state index in [1.165, 1.54) is 36.0 Å². The van der Waals surface area contributed by atoms with E-state index in [2.05, 4.69) is 5.32 Å². The second-order valence-electron chi connectivity index (χ2n) is 7.30. The predicted molar refractivity (Wildman–Crippen MR) is 132 cm³/mol. The van der Waals surface area contributed by atoms with E-state index in [1.54, 1.807) is 24.3 Å². The molecule has 1 heterocycles. The molecule has 1 aliphatic heterocycles. The highest BCUT2D eigenvalue weighted by molar-refractivity contribution is 8.26. The minimum Gasteiger partial charge on any atom is -0.489 e. The van der Waals surface area contributed by atoms with E-state index in [4.69, 9.17) is 22.1 Å². The summed E-state index contributed by atoms with van der Waals surface area (Å²) in [7, 11) is -4.18. The van der Waals surface area contributed by atoms with Crippen molar-refractivity contribution in [3.8, 4) is 5.75 Å². The first kappa shape index (κ1) is 26.3. The number of benzene rings is 2. The minimum absolute atomic E-state index is 0.128. The smallest absolute Gasteiger partial charge is 0.321 e. The molecule has 4 N–H and O–H groups in total. The molecule has 0 spiro atoms. The van der Waals surface area contributed by atoms with Gasteiger partial charge in [-0.05, 0) is 47.9 Å². The fourth-order valence-electron chi connectivity index (χ4n) is 2.95. The van der Waals surface area contributed by atoms with Crippen molar-refractivity contribution in [2.45, 2.75) is 30.4 Å². The van der Waals surface area contributed by atoms with Crippen LogP contribution in [0.15, 0.2) is 58.3 Å². The van der Waals surface area contributed by atoms with Gasteiger partial charge in [0.05, 0.1) is 9.80 Å². The largest absolute Gasteiger partial charge is 0.489 e. The number of thioether (sulfide) groups is 1. The molecule has 0 unspecified atom stereocenters. The molecule has 1 amide bonds. The number of nitrogens with one attached hydrogen (secondary N) is 2. The van der Waals surface area contributed by atoms with Gasteiger partial charge >= 0.3 is 11.9 Å². The number of sulfonamides is 1. The highest BCUT2D eigenvalue weighted by atomic mass is 32.2. The lowest BCUT2D eigenvalue weighted by atomic mass is 10.2. The summed E-state index contributed by atoms with van der Waals surface area (Å²) in [6.07, 6.45) is 0.814. The molecule has 2 aromatic rings. The van der Waals surface area contributed by atoms with E-state index in [9.17, 15) is 27.9 Å². The summed E-state index contributed by atoms with van der Waals surface area (Å²) in [5.41, 5.74) is 1.40. The summed E-state index contributed by atoms with van der Waals surface area (Å²) in [6, 6.07) is 11.1. The van der Waals surface area contributed by atoms with E-state index >= 15 is 0 Å². The number of aliphatic carboxylic acids is 2. The Morgan fingerprint density at radius 3 is 2.49 bits per heavy atom. The molecular weight excluding hydrogens is 516 g/mol. The third kappa shape index (κ3) is 7.62. The highest BCUT2D eigenvalue weighted by Crippen LogP contribution is 2.27. The van der Waals surface area contributed by atoms with Gasteiger partial charge in [0.25, 0.3) is 5.91 Å². The molecule has 1 saturated heterocycles. The molecule has 0 saturated carbocycles. The van der Waals surface area contributed by atoms with Crippen molar-refractivity contribution < 1.29 is 37.8 Å². The molecule has 0 bridgehead atoms. The van der Waals surface area contributed by atoms with Gasteiger partial charge in [-0.2, -0.15) is 4.72 Å². The summed E-state index contributed by atoms with van der Waals surface area (Å²) in [5, 5.41) is 20.4. The van der Waals surface area contributed by atoms with Crippen LogP contribution in [0, 0.1) is 0 Å². The number of carboxylic acids is 2. The van der Waals surface area contributed by atoms with E-state index in [0.717, 1.165) is 5.56 Å². The number of carbonyl (C=O) groups is 3. The van der Waals surface area contributed by atoms with Crippen LogP contribution in [-0.4, -0.2) is 46.8 Å². The lowest BCUT2D eigenvalue weighted by molar-refractivity contribution is -0.140. The summed E-state index contributed by atoms with van der Waals surface area (Å²) < 4.78 is 33.2. The lowest BCUT2D eigenvalue weighted by Crippen LogP contribution is -2.41. The van der Waals surface area contributed by atoms with Crippen LogP contribution in [0.3, 0.4) is 0 Å². The van der Waals surface area contributed by atoms with Crippen molar-refractivity contribution in [3.05, 3.63) is 64.6 Å². The number of carboxylic acid groups (broad SMARTS) is 2. The Morgan fingerprint density at radius 2 is 1.89 bits per heavy atom. The Hall–Kier alpha value is -3.26. The van der Waals surface area contributed by atoms with Gasteiger partial charge < -0.3 is 20.3 Å². The number of amides is 1. The molecule has 0 aromatic heterocycles. The average Bonchev–Trinajstić information content (AvgIpc) is 3.11. The number of rotatable bonds is 11. The Balaban J connectivity index is 1.63. The van der Waals surface area contributed by atoms with Crippen molar-refractivity contribution in [3.63, 3.8) is 0 Å². The van der Waals surface area contributed by atoms with E-state index in [0.29, 0.717) is 20.5 Å². The van der Waals surface area contributed by atoms with Crippen LogP contribution < -0.4 is 14.8 Å². The van der Waals surface area contributed by atoms with Crippen LogP contribution in [0.2, 0.25) is 0 Å². The number of thiocarbonyl (C=S) groups is 1. The number of ether oxygens (including phenoxy) is 1. The maximum absolute atomic E-state index is 12.5. The number of hydrogen-bond donors (Lipinski definition) is 4. The van der Waals surface area contributed by atoms with Crippen LogP contribution in [0.25, 0.3) is 6.08 Å². The Morgan fingerprint density at radius 1 is 1.17 bits per heavy atom. The molecule has 35 heavy (non-hydrogen) atoms. The number of carbonyl (C=O) groups excluding carboxylic acids is 1. The van der Waals surface area contributed by atoms with Crippen molar-refractivity contribution in [2.75, 3.05) is 0 Å². The fraction of sp³-hybridized carbons (Fsp3) is 0.182. The topological polar surface area (TPSA) is 159 Å². The standard InChI is InChI=1S/C22H20N2O8S3/c25-19(26)9-8-17(21(28)29)24-35(30,31)16-6-4-13(5-7-16)12-32-15-3-1-2-14(10-15)11-18-20(27)23-22(33)34-18/h1-7,10-11,17,24H,8-9,12H2,(H,25,26)(H,28,29)(H,23,27,33)/b18-11-/t17-/m1/s1. The summed E-state index contributed by atoms with van der Waals surface area (Å²) in [4.78, 5) is 34.1. The van der Waals surface area contributed by atoms with E-state index in [1.807, 2.05) is 10.8 Å². The van der Waals surface area contributed by atoms with Crippen molar-refractivity contribution in [1.82, 2.24) is 10.0 Å². The van der Waals surface area contributed by atoms with Crippen molar-refractivity contribution >= 4 is 62.2 Å². The summed E-state index contributed by atoms with van der Waals surface area (Å²) in [6.45, 7) is 0.128. The minimum atomic E-state index is -4.18. The Labute approximate surface area is 210 Å². The van der Waals surface area contributed by atoms with Gasteiger partial charge in [-0.25, -0.2) is 8.42 Å². The number of hydrogen-bond acceptors (Lipinski definition) is 8. The SMILES string of the molecule is O=C(O)CC[C@@H](NS(=O)(=O)c1ccc(COc2cccc(/C=C3\SC(=S)NC3=O)c2)cc1)C(=O)O. The van der Waals surface area contributed by atoms with Gasteiger partial charge in [0.15, 0.2) is 0 Å². The predicted octanol–water partition coefficient (Wildman–Crippen LogP) is 2.35. The maximum atomic E-state index is 12.5. The zero-order valence-corrected chi connectivity index (χ0v) is 20.4. The summed E-state index contributed by atoms with van der Waals surface area (Å²) in [5.74, 6) is -2.42. The Bertz CT molecular complexity index is 1290. The molecule has 13 heteroatoms. The molecule has 1 aliphatic rings. The normalized spacial score (nSPS) is 15.6. The molecule has 184 valence electrons. The van der Waals surface area contributed by atoms with Crippen LogP contribution in [-0.2, 0) is 31.0 Å². The molecular formula is C22H20N2O8S3. The van der Waals surface area contributed by atoms with Crippen LogP contribution in [0.1, 0.15) is 24.0 Å². The van der Waals surface area contributed by atoms with Gasteiger partial charge in [0.2, 0.25) is 10.0 Å². The molecule has 0 aliphatic carbocycles. The highest BCUT2D eigenvalue weighted by Gasteiger charge is 2.26. The van der Waals surface area contributed by atoms with Crippen molar-refractivity contribution in [1.29, 1.82) is 0 Å². The third-order valence-corrected chi connectivity index (χ3v) is 7.33. The zero-order chi connectivity index (χ0) is 25.6. The first-order valence-corrected chi connectivity index (χ1v) is 12.8.